The van der Waals surface area contributed by atoms with Crippen molar-refractivity contribution in [2.24, 2.45) is 7.05 Å². The molecular formula is C21H22N8O2S. The van der Waals surface area contributed by atoms with Crippen LogP contribution in [-0.2, 0) is 12.6 Å². The van der Waals surface area contributed by atoms with Gasteiger partial charge in [-0.3, -0.25) is 14.0 Å². The highest BCUT2D eigenvalue weighted by atomic mass is 32.2. The van der Waals surface area contributed by atoms with E-state index in [1.807, 2.05) is 25.4 Å². The summed E-state index contributed by atoms with van der Waals surface area (Å²) in [7, 11) is 1.91. The third kappa shape index (κ3) is 3.02. The van der Waals surface area contributed by atoms with Gasteiger partial charge in [0.2, 0.25) is 5.95 Å². The quantitative estimate of drug-likeness (QED) is 0.552. The van der Waals surface area contributed by atoms with Gasteiger partial charge in [-0.1, -0.05) is 0 Å². The minimum Gasteiger partial charge on any atom is -0.387 e. The largest absolute Gasteiger partial charge is 0.387 e. The summed E-state index contributed by atoms with van der Waals surface area (Å²) in [5.41, 5.74) is -1.29. The Bertz CT molecular complexity index is 1330. The summed E-state index contributed by atoms with van der Waals surface area (Å²) in [6.45, 7) is 1.83. The zero-order valence-corrected chi connectivity index (χ0v) is 18.3. The number of rotatable bonds is 5. The smallest absolute Gasteiger partial charge is 0.270 e. The van der Waals surface area contributed by atoms with Crippen LogP contribution in [0.1, 0.15) is 31.2 Å². The topological polar surface area (TPSA) is 125 Å². The number of fused-ring (bicyclic) bond motifs is 2. The van der Waals surface area contributed by atoms with E-state index >= 15 is 0 Å². The second-order valence-corrected chi connectivity index (χ2v) is 10.1. The molecule has 1 aliphatic heterocycles. The van der Waals surface area contributed by atoms with Crippen LogP contribution in [-0.4, -0.2) is 58.5 Å². The lowest BCUT2D eigenvalue weighted by Crippen LogP contribution is -2.36. The van der Waals surface area contributed by atoms with Crippen LogP contribution in [0, 0.1) is 11.3 Å². The molecule has 1 saturated heterocycles. The van der Waals surface area contributed by atoms with Crippen molar-refractivity contribution < 1.29 is 5.11 Å². The molecule has 0 bridgehead atoms. The molecule has 2 saturated carbocycles. The molecule has 32 heavy (non-hydrogen) atoms. The molecular weight excluding hydrogens is 428 g/mol. The molecule has 0 unspecified atom stereocenters. The average molecular weight is 451 g/mol. The van der Waals surface area contributed by atoms with Crippen molar-refractivity contribution in [1.29, 1.82) is 5.26 Å². The molecule has 0 amide bonds. The average Bonchev–Trinajstić information content (AvgIpc) is 3.46. The monoisotopic (exact) mass is 450 g/mol. The fourth-order valence-corrected chi connectivity index (χ4v) is 5.63. The van der Waals surface area contributed by atoms with Crippen LogP contribution >= 0.6 is 11.9 Å². The number of aryl methyl sites for hydroxylation is 1. The SMILES string of the molecule is Cn1ccc(SN2CCC(Nc3ncc4cc(C#N)c(=O)n(C56CC5(O)C6)c4n3)CC2)n1. The van der Waals surface area contributed by atoms with Crippen molar-refractivity contribution in [2.45, 2.75) is 47.9 Å². The van der Waals surface area contributed by atoms with Gasteiger partial charge in [-0.2, -0.15) is 15.3 Å². The minimum absolute atomic E-state index is 0.0510. The Morgan fingerprint density at radius 3 is 2.72 bits per heavy atom. The number of nitriles is 1. The molecule has 3 aromatic rings. The summed E-state index contributed by atoms with van der Waals surface area (Å²) < 4.78 is 5.64. The maximum Gasteiger partial charge on any atom is 0.270 e. The molecule has 10 nitrogen and oxygen atoms in total. The first-order chi connectivity index (χ1) is 15.4. The van der Waals surface area contributed by atoms with E-state index in [1.165, 1.54) is 10.6 Å². The first kappa shape index (κ1) is 19.7. The third-order valence-corrected chi connectivity index (χ3v) is 7.80. The van der Waals surface area contributed by atoms with Gasteiger partial charge in [0.1, 0.15) is 22.3 Å². The van der Waals surface area contributed by atoms with Crippen LogP contribution in [0.3, 0.4) is 0 Å². The molecule has 0 atom stereocenters. The van der Waals surface area contributed by atoms with E-state index in [4.69, 9.17) is 0 Å². The van der Waals surface area contributed by atoms with Crippen LogP contribution < -0.4 is 10.9 Å². The van der Waals surface area contributed by atoms with Gasteiger partial charge in [0.25, 0.3) is 5.56 Å². The molecule has 11 heteroatoms. The van der Waals surface area contributed by atoms with E-state index < -0.39 is 16.7 Å². The number of pyridine rings is 1. The van der Waals surface area contributed by atoms with Gasteiger partial charge in [0.05, 0.1) is 11.1 Å². The normalized spacial score (nSPS) is 27.2. The Kier molecular flexibility index (Phi) is 4.18. The first-order valence-corrected chi connectivity index (χ1v) is 11.4. The number of hydrogen-bond donors (Lipinski definition) is 2. The second kappa shape index (κ2) is 6.78. The molecule has 164 valence electrons. The molecule has 4 heterocycles. The van der Waals surface area contributed by atoms with Crippen molar-refractivity contribution in [2.75, 3.05) is 18.4 Å². The van der Waals surface area contributed by atoms with Gasteiger partial charge in [-0.15, -0.1) is 0 Å². The van der Waals surface area contributed by atoms with Crippen LogP contribution in [0.15, 0.2) is 34.3 Å². The lowest BCUT2D eigenvalue weighted by molar-refractivity contribution is 0.211. The number of aromatic nitrogens is 5. The predicted octanol–water partition coefficient (Wildman–Crippen LogP) is 1.21. The van der Waals surface area contributed by atoms with Crippen molar-refractivity contribution >= 4 is 28.9 Å². The Morgan fingerprint density at radius 1 is 1.34 bits per heavy atom. The third-order valence-electron chi connectivity index (χ3n) is 6.77. The van der Waals surface area contributed by atoms with Crippen molar-refractivity contribution in [3.8, 4) is 6.07 Å². The molecule has 2 N–H and O–H groups in total. The summed E-state index contributed by atoms with van der Waals surface area (Å²) in [4.78, 5) is 22.0. The molecule has 3 fully saturated rings. The molecule has 0 spiro atoms. The molecule has 3 aliphatic rings. The number of anilines is 1. The minimum atomic E-state index is -0.825. The van der Waals surface area contributed by atoms with E-state index in [2.05, 4.69) is 24.7 Å². The first-order valence-electron chi connectivity index (χ1n) is 10.7. The van der Waals surface area contributed by atoms with Gasteiger partial charge in [0, 0.05) is 56.8 Å². The van der Waals surface area contributed by atoms with E-state index in [0.29, 0.717) is 29.8 Å². The number of nitrogens with one attached hydrogen (secondary N) is 1. The van der Waals surface area contributed by atoms with Gasteiger partial charge in [0.15, 0.2) is 0 Å². The molecule has 3 aromatic heterocycles. The zero-order valence-electron chi connectivity index (χ0n) is 17.5. The summed E-state index contributed by atoms with van der Waals surface area (Å²) in [6, 6.07) is 5.73. The fraction of sp³-hybridized carbons (Fsp3) is 0.476. The Hall–Kier alpha value is -2.94. The molecule has 2 aliphatic carbocycles. The predicted molar refractivity (Wildman–Crippen MR) is 118 cm³/mol. The van der Waals surface area contributed by atoms with Crippen LogP contribution in [0.25, 0.3) is 11.0 Å². The fourth-order valence-electron chi connectivity index (χ4n) is 4.69. The highest BCUT2D eigenvalue weighted by Crippen LogP contribution is 2.75. The number of piperidine rings is 1. The van der Waals surface area contributed by atoms with Crippen molar-refractivity contribution in [3.63, 3.8) is 0 Å². The lowest BCUT2D eigenvalue weighted by atomic mass is 10.1. The standard InChI is InChI=1S/C21H22N8O2S/c1-27-5-4-16(26-27)32-28-6-2-15(3-7-28)24-19-23-10-14-8-13(9-22)18(30)29(17(14)25-19)20-11-21(20,31)12-20/h4-5,8,10,15,31H,2-3,6-7,11-12H2,1H3,(H,23,24,25). The molecule has 0 aromatic carbocycles. The van der Waals surface area contributed by atoms with E-state index in [9.17, 15) is 15.2 Å². The van der Waals surface area contributed by atoms with E-state index in [1.54, 1.807) is 22.8 Å². The van der Waals surface area contributed by atoms with Crippen LogP contribution in [0.2, 0.25) is 0 Å². The zero-order chi connectivity index (χ0) is 22.1. The maximum absolute atomic E-state index is 12.9. The molecule has 6 rings (SSSR count). The number of hydrogen-bond acceptors (Lipinski definition) is 9. The van der Waals surface area contributed by atoms with Gasteiger partial charge < -0.3 is 10.4 Å². The molecule has 0 radical (unpaired) electrons. The number of aliphatic hydroxyl groups is 1. The van der Waals surface area contributed by atoms with E-state index in [0.717, 1.165) is 31.0 Å². The Labute approximate surface area is 188 Å². The highest BCUT2D eigenvalue weighted by molar-refractivity contribution is 7.97. The second-order valence-electron chi connectivity index (χ2n) is 8.97. The van der Waals surface area contributed by atoms with Gasteiger partial charge in [-0.25, -0.2) is 9.29 Å². The van der Waals surface area contributed by atoms with E-state index in [-0.39, 0.29) is 11.6 Å². The maximum atomic E-state index is 12.9. The summed E-state index contributed by atoms with van der Waals surface area (Å²) in [6.07, 6.45) is 6.52. The van der Waals surface area contributed by atoms with Crippen LogP contribution in [0.4, 0.5) is 5.95 Å². The number of nitrogens with zero attached hydrogens (tertiary/aromatic N) is 7. The Balaban J connectivity index is 1.21. The Morgan fingerprint density at radius 2 is 2.09 bits per heavy atom. The van der Waals surface area contributed by atoms with Crippen molar-refractivity contribution in [1.82, 2.24) is 28.6 Å². The van der Waals surface area contributed by atoms with Crippen LogP contribution in [0.5, 0.6) is 0 Å². The summed E-state index contributed by atoms with van der Waals surface area (Å²) in [5, 5.41) is 29.2. The lowest BCUT2D eigenvalue weighted by Gasteiger charge is -2.30. The van der Waals surface area contributed by atoms with Gasteiger partial charge >= 0.3 is 0 Å². The summed E-state index contributed by atoms with van der Waals surface area (Å²) >= 11 is 1.67. The summed E-state index contributed by atoms with van der Waals surface area (Å²) in [5.74, 6) is 0.465. The highest BCUT2D eigenvalue weighted by Gasteiger charge is 2.85. The van der Waals surface area contributed by atoms with Gasteiger partial charge in [-0.05, 0) is 36.9 Å². The van der Waals surface area contributed by atoms with Crippen molar-refractivity contribution in [3.05, 3.63) is 40.4 Å².